The summed E-state index contributed by atoms with van der Waals surface area (Å²) in [6, 6.07) is 0. The maximum Gasteiger partial charge on any atom is 0.508 e. The molecule has 0 aromatic heterocycles. The van der Waals surface area contributed by atoms with Gasteiger partial charge in [0.1, 0.15) is 12.2 Å². The highest BCUT2D eigenvalue weighted by Crippen LogP contribution is 2.66. The SMILES string of the molecule is COC(=O)OC1CCC(OC(=O)OC)[C@@]2(C)C1=CC=C1[C@@H]3CC[C@H](C(C)C4OCC(C)(C)CO4)[C@@]3(C)CC[C@@H]12. The van der Waals surface area contributed by atoms with E-state index < -0.39 is 23.8 Å². The van der Waals surface area contributed by atoms with Crippen LogP contribution in [0.15, 0.2) is 23.3 Å². The second-order valence-corrected chi connectivity index (χ2v) is 13.6. The van der Waals surface area contributed by atoms with Crippen molar-refractivity contribution in [1.82, 2.24) is 0 Å². The summed E-state index contributed by atoms with van der Waals surface area (Å²) in [5, 5.41) is 0. The molecule has 8 atom stereocenters. The van der Waals surface area contributed by atoms with Crippen LogP contribution in [0.2, 0.25) is 0 Å². The van der Waals surface area contributed by atoms with E-state index >= 15 is 0 Å². The average Bonchev–Trinajstić information content (AvgIpc) is 3.26. The van der Waals surface area contributed by atoms with Crippen LogP contribution in [0, 0.1) is 39.9 Å². The van der Waals surface area contributed by atoms with Crippen molar-refractivity contribution < 1.29 is 38.0 Å². The van der Waals surface area contributed by atoms with Crippen LogP contribution in [0.4, 0.5) is 9.59 Å². The molecular formula is C31H46O8. The summed E-state index contributed by atoms with van der Waals surface area (Å²) in [5.74, 6) is 1.42. The highest BCUT2D eigenvalue weighted by molar-refractivity contribution is 5.61. The lowest BCUT2D eigenvalue weighted by atomic mass is 9.49. The van der Waals surface area contributed by atoms with E-state index in [2.05, 4.69) is 46.8 Å². The smallest absolute Gasteiger partial charge is 0.438 e. The lowest BCUT2D eigenvalue weighted by molar-refractivity contribution is -0.252. The molecule has 0 N–H and O–H groups in total. The fourth-order valence-corrected chi connectivity index (χ4v) is 8.80. The molecule has 0 bridgehead atoms. The molecular weight excluding hydrogens is 500 g/mol. The van der Waals surface area contributed by atoms with Gasteiger partial charge in [-0.1, -0.05) is 52.3 Å². The summed E-state index contributed by atoms with van der Waals surface area (Å²) >= 11 is 0. The van der Waals surface area contributed by atoms with Gasteiger partial charge >= 0.3 is 12.3 Å². The molecule has 3 saturated carbocycles. The van der Waals surface area contributed by atoms with Crippen LogP contribution in [0.25, 0.3) is 0 Å². The molecule has 0 aromatic rings. The van der Waals surface area contributed by atoms with Gasteiger partial charge in [0.05, 0.1) is 27.4 Å². The highest BCUT2D eigenvalue weighted by Gasteiger charge is 2.61. The zero-order chi connectivity index (χ0) is 28.2. The number of allylic oxidation sites excluding steroid dienone is 3. The molecule has 8 nitrogen and oxygen atoms in total. The Morgan fingerprint density at radius 2 is 1.54 bits per heavy atom. The van der Waals surface area contributed by atoms with Gasteiger partial charge < -0.3 is 28.4 Å². The molecule has 5 rings (SSSR count). The Hall–Kier alpha value is -2.06. The Labute approximate surface area is 232 Å². The number of hydrogen-bond donors (Lipinski definition) is 0. The maximum absolute atomic E-state index is 12.3. The van der Waals surface area contributed by atoms with Gasteiger partial charge in [-0.2, -0.15) is 0 Å². The summed E-state index contributed by atoms with van der Waals surface area (Å²) in [6.45, 7) is 12.8. The Morgan fingerprint density at radius 3 is 2.21 bits per heavy atom. The van der Waals surface area contributed by atoms with Crippen molar-refractivity contribution in [3.8, 4) is 0 Å². The minimum atomic E-state index is -0.690. The van der Waals surface area contributed by atoms with Crippen molar-refractivity contribution in [2.75, 3.05) is 27.4 Å². The van der Waals surface area contributed by atoms with Crippen LogP contribution in [0.5, 0.6) is 0 Å². The van der Waals surface area contributed by atoms with Crippen molar-refractivity contribution >= 4 is 12.3 Å². The summed E-state index contributed by atoms with van der Waals surface area (Å²) in [6.07, 6.45) is 7.57. The van der Waals surface area contributed by atoms with Crippen LogP contribution >= 0.6 is 0 Å². The standard InChI is InChI=1S/C31H46O8/c1-18(26-36-16-29(2,3)17-37-26)20-10-11-21-19-8-9-23-24(38-27(32)34-6)12-13-25(39-28(33)35-7)31(23,5)22(19)14-15-30(20,21)4/h8-9,18,20-22,24-26H,10-17H2,1-7H3/t18?,20-,21+,22+,24?,25?,30-,31-/m1/s1. The van der Waals surface area contributed by atoms with Crippen molar-refractivity contribution in [3.05, 3.63) is 23.3 Å². The first-order valence-corrected chi connectivity index (χ1v) is 14.6. The molecule has 4 aliphatic carbocycles. The summed E-state index contributed by atoms with van der Waals surface area (Å²) in [7, 11) is 2.66. The second kappa shape index (κ2) is 10.4. The lowest BCUT2D eigenvalue weighted by Crippen LogP contribution is -2.55. The predicted molar refractivity (Wildman–Crippen MR) is 144 cm³/mol. The normalized spacial score (nSPS) is 40.1. The van der Waals surface area contributed by atoms with Gasteiger partial charge in [-0.25, -0.2) is 9.59 Å². The summed E-state index contributed by atoms with van der Waals surface area (Å²) in [4.78, 5) is 24.4. The number of hydrogen-bond acceptors (Lipinski definition) is 8. The highest BCUT2D eigenvalue weighted by atomic mass is 16.7. The predicted octanol–water partition coefficient (Wildman–Crippen LogP) is 6.43. The zero-order valence-corrected chi connectivity index (χ0v) is 24.6. The number of carbonyl (C=O) groups is 2. The molecule has 8 heteroatoms. The van der Waals surface area contributed by atoms with Gasteiger partial charge in [0.15, 0.2) is 6.29 Å². The Bertz CT molecular complexity index is 1020. The van der Waals surface area contributed by atoms with Crippen molar-refractivity contribution in [3.63, 3.8) is 0 Å². The molecule has 39 heavy (non-hydrogen) atoms. The first kappa shape index (κ1) is 28.5. The van der Waals surface area contributed by atoms with E-state index in [1.807, 2.05) is 0 Å². The van der Waals surface area contributed by atoms with Gasteiger partial charge in [0.25, 0.3) is 0 Å². The molecule has 1 saturated heterocycles. The molecule has 3 unspecified atom stereocenters. The largest absolute Gasteiger partial charge is 0.508 e. The number of carbonyl (C=O) groups excluding carboxylic acids is 2. The molecule has 1 heterocycles. The Kier molecular flexibility index (Phi) is 7.59. The van der Waals surface area contributed by atoms with Crippen LogP contribution in [0.3, 0.4) is 0 Å². The number of methoxy groups -OCH3 is 2. The minimum absolute atomic E-state index is 0.0566. The van der Waals surface area contributed by atoms with Gasteiger partial charge in [-0.05, 0) is 67.3 Å². The van der Waals surface area contributed by atoms with Crippen LogP contribution in [0.1, 0.15) is 73.1 Å². The molecule has 5 aliphatic rings. The van der Waals surface area contributed by atoms with Crippen LogP contribution < -0.4 is 0 Å². The lowest BCUT2D eigenvalue weighted by Gasteiger charge is -2.57. The van der Waals surface area contributed by atoms with Crippen LogP contribution in [-0.2, 0) is 28.4 Å². The summed E-state index contributed by atoms with van der Waals surface area (Å²) < 4.78 is 33.8. The third-order valence-electron chi connectivity index (χ3n) is 10.8. The third-order valence-corrected chi connectivity index (χ3v) is 10.8. The first-order valence-electron chi connectivity index (χ1n) is 14.6. The first-order chi connectivity index (χ1) is 18.4. The van der Waals surface area contributed by atoms with Crippen molar-refractivity contribution in [2.45, 2.75) is 91.6 Å². The number of ether oxygens (including phenoxy) is 6. The van der Waals surface area contributed by atoms with E-state index in [1.54, 1.807) is 0 Å². The van der Waals surface area contributed by atoms with Gasteiger partial charge in [-0.3, -0.25) is 0 Å². The van der Waals surface area contributed by atoms with E-state index in [0.717, 1.165) is 44.5 Å². The quantitative estimate of drug-likeness (QED) is 0.373. The van der Waals surface area contributed by atoms with E-state index in [0.29, 0.717) is 30.6 Å². The number of rotatable bonds is 4. The fraction of sp³-hybridized carbons (Fsp3) is 0.806. The fourth-order valence-electron chi connectivity index (χ4n) is 8.80. The van der Waals surface area contributed by atoms with E-state index in [-0.39, 0.29) is 29.1 Å². The van der Waals surface area contributed by atoms with Crippen molar-refractivity contribution in [2.24, 2.45) is 39.9 Å². The topological polar surface area (TPSA) is 89.5 Å². The molecule has 4 fully saturated rings. The summed E-state index contributed by atoms with van der Waals surface area (Å²) in [5.41, 5.74) is 2.13. The molecule has 1 aliphatic heterocycles. The monoisotopic (exact) mass is 546 g/mol. The maximum atomic E-state index is 12.3. The third kappa shape index (κ3) is 4.79. The van der Waals surface area contributed by atoms with E-state index in [9.17, 15) is 9.59 Å². The van der Waals surface area contributed by atoms with Crippen molar-refractivity contribution in [1.29, 1.82) is 0 Å². The average molecular weight is 547 g/mol. The molecule has 0 amide bonds. The minimum Gasteiger partial charge on any atom is -0.438 e. The van der Waals surface area contributed by atoms with Gasteiger partial charge in [-0.15, -0.1) is 0 Å². The second-order valence-electron chi connectivity index (χ2n) is 13.6. The number of fused-ring (bicyclic) bond motifs is 5. The van der Waals surface area contributed by atoms with Gasteiger partial charge in [0, 0.05) is 16.7 Å². The molecule has 0 radical (unpaired) electrons. The Morgan fingerprint density at radius 1 is 0.872 bits per heavy atom. The zero-order valence-electron chi connectivity index (χ0n) is 24.6. The van der Waals surface area contributed by atoms with E-state index in [4.69, 9.17) is 28.4 Å². The van der Waals surface area contributed by atoms with Crippen LogP contribution in [-0.4, -0.2) is 58.2 Å². The molecule has 0 spiro atoms. The Balaban J connectivity index is 1.43. The van der Waals surface area contributed by atoms with Gasteiger partial charge in [0.2, 0.25) is 0 Å². The molecule has 0 aromatic carbocycles. The molecule has 218 valence electrons. The van der Waals surface area contributed by atoms with E-state index in [1.165, 1.54) is 19.8 Å².